The van der Waals surface area contributed by atoms with E-state index in [-0.39, 0.29) is 48.7 Å². The van der Waals surface area contributed by atoms with Crippen LogP contribution < -0.4 is 10.6 Å². The summed E-state index contributed by atoms with van der Waals surface area (Å²) in [4.78, 5) is 46.9. The van der Waals surface area contributed by atoms with E-state index in [0.29, 0.717) is 42.7 Å². The molecule has 10 nitrogen and oxygen atoms in total. The van der Waals surface area contributed by atoms with Gasteiger partial charge in [-0.3, -0.25) is 19.2 Å². The third kappa shape index (κ3) is 7.05. The highest BCUT2D eigenvalue weighted by molar-refractivity contribution is 14.1. The van der Waals surface area contributed by atoms with Crippen molar-refractivity contribution in [3.05, 3.63) is 68.8 Å². The first kappa shape index (κ1) is 29.7. The summed E-state index contributed by atoms with van der Waals surface area (Å²) in [6, 6.07) is 10.9. The number of carbonyl (C=O) groups excluding carboxylic acids is 4. The predicted molar refractivity (Wildman–Crippen MR) is 157 cm³/mol. The minimum atomic E-state index is -0.266. The lowest BCUT2D eigenvalue weighted by molar-refractivity contribution is -0.145. The summed E-state index contributed by atoms with van der Waals surface area (Å²) in [5, 5.41) is 6.23. The number of hydrogen-bond donors (Lipinski definition) is 2. The fourth-order valence-corrected chi connectivity index (χ4v) is 5.47. The quantitative estimate of drug-likeness (QED) is 0.283. The first-order valence-corrected chi connectivity index (χ1v) is 14.4. The molecule has 1 aromatic carbocycles. The van der Waals surface area contributed by atoms with Gasteiger partial charge in [-0.25, -0.2) is 0 Å². The molecule has 2 atom stereocenters. The lowest BCUT2D eigenvalue weighted by Crippen LogP contribution is -2.39. The molecule has 0 aliphatic carbocycles. The zero-order chi connectivity index (χ0) is 28.8. The maximum atomic E-state index is 12.1. The molecule has 2 unspecified atom stereocenters. The largest absolute Gasteiger partial charge is 0.466 e. The fourth-order valence-electron chi connectivity index (χ4n) is 4.68. The Morgan fingerprint density at radius 3 is 1.98 bits per heavy atom. The number of aromatic nitrogens is 2. The van der Waals surface area contributed by atoms with Crippen LogP contribution in [0.25, 0.3) is 11.1 Å². The van der Waals surface area contributed by atoms with Gasteiger partial charge in [0.15, 0.2) is 0 Å². The molecule has 0 bridgehead atoms. The average molecular weight is 681 g/mol. The van der Waals surface area contributed by atoms with Crippen molar-refractivity contribution in [1.29, 1.82) is 0 Å². The number of carbonyl (C=O) groups is 4. The Morgan fingerprint density at radius 2 is 1.43 bits per heavy atom. The standard InChI is InChI=1S/C17H17ClN2O3.C11H13IN2O3/c1-2-23-16(21)8-14-9-19-17(22)15-7-12(10-20(14)15)11-4-3-5-13(18)6-11;1-2-17-10(15)4-8-5-13-11(16)9-3-7(12)6-14(8)9/h3-7,10,14H,2,8-9H2,1H3,(H,19,22);3,6,8H,2,4-5H2,1H3,(H,13,16). The second-order valence-electron chi connectivity index (χ2n) is 9.23. The zero-order valence-corrected chi connectivity index (χ0v) is 25.0. The summed E-state index contributed by atoms with van der Waals surface area (Å²) >= 11 is 8.19. The van der Waals surface area contributed by atoms with Crippen LogP contribution >= 0.6 is 34.2 Å². The van der Waals surface area contributed by atoms with Gasteiger partial charge in [-0.2, -0.15) is 0 Å². The van der Waals surface area contributed by atoms with Crippen molar-refractivity contribution < 1.29 is 28.7 Å². The van der Waals surface area contributed by atoms with E-state index in [4.69, 9.17) is 21.1 Å². The molecule has 0 fully saturated rings. The molecule has 2 aliphatic heterocycles. The Balaban J connectivity index is 0.000000194. The highest BCUT2D eigenvalue weighted by Crippen LogP contribution is 2.29. The summed E-state index contributed by atoms with van der Waals surface area (Å²) in [6.45, 7) is 5.17. The van der Waals surface area contributed by atoms with Crippen LogP contribution in [0.1, 0.15) is 59.7 Å². The number of esters is 2. The third-order valence-corrected chi connectivity index (χ3v) is 7.31. The van der Waals surface area contributed by atoms with Gasteiger partial charge >= 0.3 is 11.9 Å². The van der Waals surface area contributed by atoms with Crippen molar-refractivity contribution in [1.82, 2.24) is 19.8 Å². The summed E-state index contributed by atoms with van der Waals surface area (Å²) < 4.78 is 14.6. The second kappa shape index (κ2) is 13.4. The predicted octanol–water partition coefficient (Wildman–Crippen LogP) is 4.38. The monoisotopic (exact) mass is 680 g/mol. The van der Waals surface area contributed by atoms with Crippen LogP contribution in [-0.4, -0.2) is 59.2 Å². The number of nitrogens with zero attached hydrogens (tertiary/aromatic N) is 2. The van der Waals surface area contributed by atoms with Gasteiger partial charge in [0.1, 0.15) is 11.4 Å². The molecule has 3 aromatic rings. The topological polar surface area (TPSA) is 121 Å². The highest BCUT2D eigenvalue weighted by atomic mass is 127. The Kier molecular flexibility index (Phi) is 9.90. The lowest BCUT2D eigenvalue weighted by atomic mass is 10.1. The summed E-state index contributed by atoms with van der Waals surface area (Å²) in [5.41, 5.74) is 2.98. The Morgan fingerprint density at radius 1 is 0.875 bits per heavy atom. The van der Waals surface area contributed by atoms with Crippen LogP contribution in [0, 0.1) is 3.57 Å². The smallest absolute Gasteiger partial charge is 0.307 e. The SMILES string of the molecule is CCOC(=O)CC1CNC(=O)c2cc(-c3cccc(Cl)c3)cn21.CCOC(=O)CC1CNC(=O)c2cc(I)cn21. The number of rotatable bonds is 7. The molecule has 2 aromatic heterocycles. The molecule has 12 heteroatoms. The number of halogens is 2. The molecule has 0 spiro atoms. The zero-order valence-electron chi connectivity index (χ0n) is 22.1. The molecule has 0 saturated carbocycles. The van der Waals surface area contributed by atoms with Crippen molar-refractivity contribution in [2.24, 2.45) is 0 Å². The van der Waals surface area contributed by atoms with Crippen LogP contribution in [0.4, 0.5) is 0 Å². The lowest BCUT2D eigenvalue weighted by Gasteiger charge is -2.25. The van der Waals surface area contributed by atoms with E-state index in [1.54, 1.807) is 19.9 Å². The van der Waals surface area contributed by atoms with E-state index in [1.165, 1.54) is 0 Å². The molecule has 5 rings (SSSR count). The van der Waals surface area contributed by atoms with Gasteiger partial charge in [0.25, 0.3) is 11.8 Å². The number of amides is 2. The number of nitrogens with one attached hydrogen (secondary N) is 2. The van der Waals surface area contributed by atoms with Crippen molar-refractivity contribution in [3.8, 4) is 11.1 Å². The van der Waals surface area contributed by atoms with Gasteiger partial charge in [0.05, 0.1) is 38.1 Å². The van der Waals surface area contributed by atoms with Gasteiger partial charge in [-0.15, -0.1) is 0 Å². The molecule has 4 heterocycles. The Labute approximate surface area is 250 Å². The second-order valence-corrected chi connectivity index (χ2v) is 10.9. The van der Waals surface area contributed by atoms with Crippen LogP contribution in [0.15, 0.2) is 48.8 Å². The van der Waals surface area contributed by atoms with Gasteiger partial charge in [-0.05, 0) is 66.3 Å². The summed E-state index contributed by atoms with van der Waals surface area (Å²) in [7, 11) is 0. The van der Waals surface area contributed by atoms with Crippen LogP contribution in [0.2, 0.25) is 5.02 Å². The molecule has 2 N–H and O–H groups in total. The van der Waals surface area contributed by atoms with E-state index >= 15 is 0 Å². The van der Waals surface area contributed by atoms with Gasteiger partial charge in [0.2, 0.25) is 0 Å². The van der Waals surface area contributed by atoms with E-state index in [0.717, 1.165) is 14.7 Å². The first-order valence-electron chi connectivity index (χ1n) is 12.9. The Bertz CT molecular complexity index is 1420. The minimum absolute atomic E-state index is 0.0507. The van der Waals surface area contributed by atoms with Crippen molar-refractivity contribution >= 4 is 57.9 Å². The van der Waals surface area contributed by atoms with Crippen LogP contribution in [-0.2, 0) is 19.1 Å². The maximum Gasteiger partial charge on any atom is 0.307 e. The van der Waals surface area contributed by atoms with Gasteiger partial charge in [-0.1, -0.05) is 23.7 Å². The van der Waals surface area contributed by atoms with Crippen molar-refractivity contribution in [2.45, 2.75) is 38.8 Å². The van der Waals surface area contributed by atoms with Crippen molar-refractivity contribution in [2.75, 3.05) is 26.3 Å². The molecule has 2 amide bonds. The summed E-state index contributed by atoms with van der Waals surface area (Å²) in [6.07, 6.45) is 4.29. The molecule has 40 heavy (non-hydrogen) atoms. The molecule has 212 valence electrons. The van der Waals surface area contributed by atoms with Gasteiger partial charge in [0, 0.05) is 39.6 Å². The maximum absolute atomic E-state index is 12.1. The van der Waals surface area contributed by atoms with Crippen LogP contribution in [0.5, 0.6) is 0 Å². The van der Waals surface area contributed by atoms with E-state index in [1.807, 2.05) is 51.9 Å². The molecule has 2 aliphatic rings. The number of fused-ring (bicyclic) bond motifs is 2. The molecular formula is C28H30ClIN4O6. The Hall–Kier alpha value is -3.32. The molecule has 0 saturated heterocycles. The number of hydrogen-bond acceptors (Lipinski definition) is 6. The van der Waals surface area contributed by atoms with E-state index in [9.17, 15) is 19.2 Å². The molecular weight excluding hydrogens is 651 g/mol. The normalized spacial score (nSPS) is 17.4. The van der Waals surface area contributed by atoms with Crippen molar-refractivity contribution in [3.63, 3.8) is 0 Å². The highest BCUT2D eigenvalue weighted by Gasteiger charge is 2.29. The first-order chi connectivity index (χ1) is 19.2. The third-order valence-electron chi connectivity index (χ3n) is 6.49. The fraction of sp³-hybridized carbons (Fsp3) is 0.357. The summed E-state index contributed by atoms with van der Waals surface area (Å²) in [5.74, 6) is -0.729. The minimum Gasteiger partial charge on any atom is -0.466 e. The van der Waals surface area contributed by atoms with Gasteiger partial charge < -0.3 is 29.2 Å². The van der Waals surface area contributed by atoms with E-state index in [2.05, 4.69) is 33.2 Å². The average Bonchev–Trinajstić information content (AvgIpc) is 3.54. The number of benzene rings is 1. The van der Waals surface area contributed by atoms with E-state index < -0.39 is 0 Å². The number of ether oxygens (including phenoxy) is 2. The van der Waals surface area contributed by atoms with Crippen LogP contribution in [0.3, 0.4) is 0 Å². The molecule has 0 radical (unpaired) electrons.